The summed E-state index contributed by atoms with van der Waals surface area (Å²) in [4.78, 5) is 25.8. The van der Waals surface area contributed by atoms with E-state index < -0.39 is 6.09 Å². The van der Waals surface area contributed by atoms with E-state index in [-0.39, 0.29) is 11.5 Å². The first kappa shape index (κ1) is 18.6. The fourth-order valence-corrected chi connectivity index (χ4v) is 3.56. The molecule has 29 heavy (non-hydrogen) atoms. The summed E-state index contributed by atoms with van der Waals surface area (Å²) in [5.41, 5.74) is 5.23. The summed E-state index contributed by atoms with van der Waals surface area (Å²) in [7, 11) is 0. The van der Waals surface area contributed by atoms with Crippen LogP contribution in [-0.4, -0.2) is 24.2 Å². The number of alkyl carbamates (subject to hydrolysis) is 1. The van der Waals surface area contributed by atoms with E-state index in [0.29, 0.717) is 25.1 Å². The molecule has 0 saturated carbocycles. The molecule has 0 radical (unpaired) electrons. The van der Waals surface area contributed by atoms with E-state index in [4.69, 9.17) is 4.74 Å². The summed E-state index contributed by atoms with van der Waals surface area (Å²) in [6, 6.07) is 19.6. The molecule has 5 heteroatoms. The summed E-state index contributed by atoms with van der Waals surface area (Å²) in [6.07, 6.45) is 1.57. The molecular formula is C24H20N2O3. The van der Waals surface area contributed by atoms with Gasteiger partial charge in [-0.2, -0.15) is 0 Å². The maximum atomic E-state index is 12.1. The van der Waals surface area contributed by atoms with Crippen LogP contribution in [0.4, 0.5) is 4.79 Å². The van der Waals surface area contributed by atoms with Gasteiger partial charge in [0, 0.05) is 36.7 Å². The van der Waals surface area contributed by atoms with Gasteiger partial charge in [-0.1, -0.05) is 60.4 Å². The fourth-order valence-electron chi connectivity index (χ4n) is 3.56. The number of carbonyl (C=O) groups excluding carboxylic acids is 1. The van der Waals surface area contributed by atoms with Crippen LogP contribution in [0, 0.1) is 11.8 Å². The van der Waals surface area contributed by atoms with E-state index in [1.165, 1.54) is 28.3 Å². The second kappa shape index (κ2) is 8.49. The Bertz CT molecular complexity index is 1110. The summed E-state index contributed by atoms with van der Waals surface area (Å²) in [6.45, 7) is 0.672. The van der Waals surface area contributed by atoms with Crippen molar-refractivity contribution in [3.63, 3.8) is 0 Å². The molecule has 144 valence electrons. The molecule has 0 fully saturated rings. The number of benzene rings is 2. The van der Waals surface area contributed by atoms with Crippen LogP contribution >= 0.6 is 0 Å². The standard InChI is InChI=1S/C24H20N2O3/c27-23-15-17(12-14-25-23)7-5-6-13-26-24(28)29-16-22-20-10-3-1-8-18(20)19-9-2-4-11-21(19)22/h1-4,8-12,14-15,22H,6,13,16H2,(H,25,27)(H,26,28). The maximum Gasteiger partial charge on any atom is 0.407 e. The number of H-pyrrole nitrogens is 1. The minimum atomic E-state index is -0.454. The van der Waals surface area contributed by atoms with E-state index in [1.54, 1.807) is 12.3 Å². The summed E-state index contributed by atoms with van der Waals surface area (Å²) in [5.74, 6) is 5.88. The number of fused-ring (bicyclic) bond motifs is 3. The van der Waals surface area contributed by atoms with Gasteiger partial charge in [0.15, 0.2) is 0 Å². The van der Waals surface area contributed by atoms with Crippen molar-refractivity contribution in [3.05, 3.63) is 93.9 Å². The molecule has 5 nitrogen and oxygen atoms in total. The normalized spacial score (nSPS) is 11.7. The number of pyridine rings is 1. The Kier molecular flexibility index (Phi) is 5.44. The Labute approximate surface area is 168 Å². The first-order chi connectivity index (χ1) is 14.2. The molecule has 0 atom stereocenters. The van der Waals surface area contributed by atoms with Crippen molar-refractivity contribution >= 4 is 6.09 Å². The van der Waals surface area contributed by atoms with Crippen molar-refractivity contribution < 1.29 is 9.53 Å². The molecular weight excluding hydrogens is 364 g/mol. The maximum absolute atomic E-state index is 12.1. The van der Waals surface area contributed by atoms with Crippen LogP contribution in [0.5, 0.6) is 0 Å². The molecule has 2 aromatic carbocycles. The van der Waals surface area contributed by atoms with Gasteiger partial charge >= 0.3 is 6.09 Å². The summed E-state index contributed by atoms with van der Waals surface area (Å²) < 4.78 is 5.48. The van der Waals surface area contributed by atoms with E-state index in [1.807, 2.05) is 24.3 Å². The molecule has 3 aromatic rings. The van der Waals surface area contributed by atoms with Gasteiger partial charge in [0.25, 0.3) is 0 Å². The zero-order valence-electron chi connectivity index (χ0n) is 15.8. The van der Waals surface area contributed by atoms with Crippen LogP contribution < -0.4 is 10.9 Å². The first-order valence-electron chi connectivity index (χ1n) is 9.49. The van der Waals surface area contributed by atoms with Crippen LogP contribution in [0.1, 0.15) is 29.0 Å². The lowest BCUT2D eigenvalue weighted by atomic mass is 9.98. The third-order valence-corrected chi connectivity index (χ3v) is 4.87. The lowest BCUT2D eigenvalue weighted by Crippen LogP contribution is -2.26. The van der Waals surface area contributed by atoms with Crippen molar-refractivity contribution in [1.29, 1.82) is 0 Å². The number of ether oxygens (including phenoxy) is 1. The van der Waals surface area contributed by atoms with Gasteiger partial charge < -0.3 is 15.0 Å². The molecule has 1 aliphatic carbocycles. The quantitative estimate of drug-likeness (QED) is 0.533. The Hall–Kier alpha value is -3.78. The number of rotatable bonds is 4. The third-order valence-electron chi connectivity index (χ3n) is 4.87. The van der Waals surface area contributed by atoms with Crippen LogP contribution in [0.3, 0.4) is 0 Å². The van der Waals surface area contributed by atoms with Gasteiger partial charge in [0.05, 0.1) is 0 Å². The summed E-state index contributed by atoms with van der Waals surface area (Å²) >= 11 is 0. The number of nitrogens with one attached hydrogen (secondary N) is 2. The van der Waals surface area contributed by atoms with Crippen LogP contribution in [0.25, 0.3) is 11.1 Å². The highest BCUT2D eigenvalue weighted by atomic mass is 16.5. The number of hydrogen-bond acceptors (Lipinski definition) is 3. The lowest BCUT2D eigenvalue weighted by molar-refractivity contribution is 0.143. The van der Waals surface area contributed by atoms with Gasteiger partial charge in [-0.25, -0.2) is 4.79 Å². The Morgan fingerprint density at radius 2 is 1.72 bits per heavy atom. The van der Waals surface area contributed by atoms with Gasteiger partial charge in [0.2, 0.25) is 5.56 Å². The zero-order chi connectivity index (χ0) is 20.1. The van der Waals surface area contributed by atoms with Crippen LogP contribution in [0.15, 0.2) is 71.7 Å². The highest BCUT2D eigenvalue weighted by molar-refractivity contribution is 5.79. The van der Waals surface area contributed by atoms with Crippen molar-refractivity contribution in [2.75, 3.05) is 13.2 Å². The molecule has 1 amide bonds. The molecule has 0 saturated heterocycles. The van der Waals surface area contributed by atoms with Gasteiger partial charge in [-0.15, -0.1) is 0 Å². The Balaban J connectivity index is 1.30. The Morgan fingerprint density at radius 1 is 1.03 bits per heavy atom. The minimum absolute atomic E-state index is 0.0455. The van der Waals surface area contributed by atoms with Gasteiger partial charge in [0.1, 0.15) is 6.61 Å². The molecule has 4 rings (SSSR count). The zero-order valence-corrected chi connectivity index (χ0v) is 15.8. The number of amides is 1. The number of aromatic amines is 1. The second-order valence-electron chi connectivity index (χ2n) is 6.75. The van der Waals surface area contributed by atoms with Crippen molar-refractivity contribution in [2.24, 2.45) is 0 Å². The van der Waals surface area contributed by atoms with Crippen molar-refractivity contribution in [1.82, 2.24) is 10.3 Å². The van der Waals surface area contributed by atoms with E-state index in [9.17, 15) is 9.59 Å². The van der Waals surface area contributed by atoms with Crippen molar-refractivity contribution in [3.8, 4) is 23.0 Å². The molecule has 0 aliphatic heterocycles. The predicted molar refractivity (Wildman–Crippen MR) is 112 cm³/mol. The van der Waals surface area contributed by atoms with E-state index >= 15 is 0 Å². The third kappa shape index (κ3) is 4.22. The molecule has 0 spiro atoms. The Morgan fingerprint density at radius 3 is 2.41 bits per heavy atom. The molecule has 1 heterocycles. The van der Waals surface area contributed by atoms with E-state index in [2.05, 4.69) is 46.4 Å². The van der Waals surface area contributed by atoms with Gasteiger partial charge in [-0.3, -0.25) is 4.79 Å². The number of hydrogen-bond donors (Lipinski definition) is 2. The first-order valence-corrected chi connectivity index (χ1v) is 9.49. The molecule has 2 N–H and O–H groups in total. The largest absolute Gasteiger partial charge is 0.449 e. The van der Waals surface area contributed by atoms with Crippen LogP contribution in [0.2, 0.25) is 0 Å². The average molecular weight is 384 g/mol. The number of carbonyl (C=O) groups is 1. The minimum Gasteiger partial charge on any atom is -0.449 e. The van der Waals surface area contributed by atoms with Crippen molar-refractivity contribution in [2.45, 2.75) is 12.3 Å². The number of aromatic nitrogens is 1. The SMILES string of the molecule is O=C(NCCC#Cc1cc[nH]c(=O)c1)OCC1c2ccccc2-c2ccccc21. The molecule has 1 aliphatic rings. The van der Waals surface area contributed by atoms with Gasteiger partial charge in [-0.05, 0) is 28.3 Å². The fraction of sp³-hybridized carbons (Fsp3) is 0.167. The predicted octanol–water partition coefficient (Wildman–Crippen LogP) is 3.66. The highest BCUT2D eigenvalue weighted by Crippen LogP contribution is 2.44. The smallest absolute Gasteiger partial charge is 0.407 e. The topological polar surface area (TPSA) is 71.2 Å². The summed E-state index contributed by atoms with van der Waals surface area (Å²) in [5, 5.41) is 2.72. The molecule has 1 aromatic heterocycles. The second-order valence-corrected chi connectivity index (χ2v) is 6.75. The van der Waals surface area contributed by atoms with E-state index in [0.717, 1.165) is 0 Å². The lowest BCUT2D eigenvalue weighted by Gasteiger charge is -2.14. The molecule has 0 bridgehead atoms. The molecule has 0 unspecified atom stereocenters. The van der Waals surface area contributed by atoms with Crippen LogP contribution in [-0.2, 0) is 4.74 Å². The average Bonchev–Trinajstić information content (AvgIpc) is 3.06. The monoisotopic (exact) mass is 384 g/mol. The highest BCUT2D eigenvalue weighted by Gasteiger charge is 2.28.